The molecule has 0 aliphatic rings. The van der Waals surface area contributed by atoms with Gasteiger partial charge in [-0.05, 0) is 11.1 Å². The summed E-state index contributed by atoms with van der Waals surface area (Å²) >= 11 is 11.9. The van der Waals surface area contributed by atoms with Crippen molar-refractivity contribution in [2.24, 2.45) is 0 Å². The van der Waals surface area contributed by atoms with Crippen LogP contribution in [0.5, 0.6) is 0 Å². The third-order valence-electron chi connectivity index (χ3n) is 2.86. The van der Waals surface area contributed by atoms with Gasteiger partial charge in [-0.25, -0.2) is 0 Å². The van der Waals surface area contributed by atoms with E-state index >= 15 is 0 Å². The highest BCUT2D eigenvalue weighted by atomic mass is 35.5. The Kier molecular flexibility index (Phi) is 4.66. The van der Waals surface area contributed by atoms with Crippen LogP contribution in [0.1, 0.15) is 0 Å². The Labute approximate surface area is 114 Å². The normalized spacial score (nSPS) is 10.8. The molecule has 0 N–H and O–H groups in total. The molecule has 2 aromatic rings. The Morgan fingerprint density at radius 2 is 1.24 bits per heavy atom. The Hall–Kier alpha value is -0.763. The minimum absolute atomic E-state index is 0.703. The maximum atomic E-state index is 5.94. The van der Waals surface area contributed by atoms with Crippen LogP contribution in [0.15, 0.2) is 54.6 Å². The number of hydrogen-bond acceptors (Lipinski definition) is 0. The summed E-state index contributed by atoms with van der Waals surface area (Å²) < 4.78 is 0. The zero-order valence-electron chi connectivity index (χ0n) is 9.44. The molecule has 0 aliphatic carbocycles. The van der Waals surface area contributed by atoms with Gasteiger partial charge in [-0.2, -0.15) is 0 Å². The van der Waals surface area contributed by atoms with Gasteiger partial charge in [0.15, 0.2) is 0 Å². The topological polar surface area (TPSA) is 0 Å². The number of alkyl halides is 2. The summed E-state index contributed by atoms with van der Waals surface area (Å²) in [4.78, 5) is 0. The molecule has 0 spiro atoms. The molecule has 88 valence electrons. The van der Waals surface area contributed by atoms with E-state index in [1.54, 1.807) is 0 Å². The molecule has 3 heteroatoms. The third-order valence-corrected chi connectivity index (χ3v) is 7.17. The molecule has 0 aliphatic heterocycles. The van der Waals surface area contributed by atoms with Crippen molar-refractivity contribution in [2.75, 3.05) is 11.0 Å². The van der Waals surface area contributed by atoms with E-state index in [2.05, 4.69) is 48.5 Å². The standard InChI is InChI=1S/C14H14Cl2Si/c15-10-17(11-16)14-8-6-13(7-9-14)12-4-2-1-3-5-12/h1-9,17H,10-11H2. The molecule has 0 saturated heterocycles. The minimum Gasteiger partial charge on any atom is -0.130 e. The summed E-state index contributed by atoms with van der Waals surface area (Å²) in [6, 6.07) is 19.0. The first-order valence-electron chi connectivity index (χ1n) is 5.62. The van der Waals surface area contributed by atoms with Gasteiger partial charge in [0.1, 0.15) is 8.80 Å². The number of rotatable bonds is 4. The van der Waals surface area contributed by atoms with Gasteiger partial charge in [-0.3, -0.25) is 0 Å². The van der Waals surface area contributed by atoms with E-state index in [9.17, 15) is 0 Å². The van der Waals surface area contributed by atoms with Crippen LogP contribution in [0.2, 0.25) is 0 Å². The molecule has 17 heavy (non-hydrogen) atoms. The second-order valence-electron chi connectivity index (χ2n) is 3.99. The zero-order chi connectivity index (χ0) is 12.1. The molecular formula is C14H14Cl2Si. The highest BCUT2D eigenvalue weighted by molar-refractivity contribution is 6.83. The summed E-state index contributed by atoms with van der Waals surface area (Å²) in [7, 11) is -1.13. The Morgan fingerprint density at radius 1 is 0.706 bits per heavy atom. The van der Waals surface area contributed by atoms with Gasteiger partial charge < -0.3 is 0 Å². The molecule has 0 aromatic heterocycles. The summed E-state index contributed by atoms with van der Waals surface area (Å²) in [6.07, 6.45) is 0. The van der Waals surface area contributed by atoms with Gasteiger partial charge >= 0.3 is 0 Å². The SMILES string of the molecule is ClC[SiH](CCl)c1ccc(-c2ccccc2)cc1. The van der Waals surface area contributed by atoms with Gasteiger partial charge in [0.2, 0.25) is 0 Å². The predicted molar refractivity (Wildman–Crippen MR) is 80.1 cm³/mol. The molecule has 0 amide bonds. The van der Waals surface area contributed by atoms with E-state index in [0.717, 1.165) is 0 Å². The van der Waals surface area contributed by atoms with Crippen LogP contribution < -0.4 is 5.19 Å². The van der Waals surface area contributed by atoms with Crippen LogP contribution in [0.4, 0.5) is 0 Å². The summed E-state index contributed by atoms with van der Waals surface area (Å²) in [5, 5.41) is 1.34. The number of benzene rings is 2. The summed E-state index contributed by atoms with van der Waals surface area (Å²) in [5.74, 6) is 0. The van der Waals surface area contributed by atoms with E-state index in [1.165, 1.54) is 16.3 Å². The third kappa shape index (κ3) is 3.12. The van der Waals surface area contributed by atoms with Gasteiger partial charge in [-0.15, -0.1) is 23.2 Å². The first kappa shape index (κ1) is 12.7. The summed E-state index contributed by atoms with van der Waals surface area (Å²) in [5.41, 5.74) is 3.89. The van der Waals surface area contributed by atoms with Crippen molar-refractivity contribution in [3.05, 3.63) is 54.6 Å². The van der Waals surface area contributed by atoms with Crippen LogP contribution >= 0.6 is 23.2 Å². The van der Waals surface area contributed by atoms with E-state index < -0.39 is 8.80 Å². The molecule has 0 atom stereocenters. The number of hydrogen-bond donors (Lipinski definition) is 0. The van der Waals surface area contributed by atoms with Crippen molar-refractivity contribution in [2.45, 2.75) is 0 Å². The lowest BCUT2D eigenvalue weighted by Gasteiger charge is -2.09. The van der Waals surface area contributed by atoms with Crippen molar-refractivity contribution < 1.29 is 0 Å². The Balaban J connectivity index is 2.24. The fraction of sp³-hybridized carbons (Fsp3) is 0.143. The van der Waals surface area contributed by atoms with E-state index in [0.29, 0.717) is 11.0 Å². The first-order chi connectivity index (χ1) is 8.35. The maximum Gasteiger partial charge on any atom is 0.102 e. The minimum atomic E-state index is -1.13. The van der Waals surface area contributed by atoms with Crippen LogP contribution in [0, 0.1) is 0 Å². The lowest BCUT2D eigenvalue weighted by Crippen LogP contribution is -2.34. The monoisotopic (exact) mass is 280 g/mol. The highest BCUT2D eigenvalue weighted by Crippen LogP contribution is 2.17. The smallest absolute Gasteiger partial charge is 0.102 e. The molecule has 2 rings (SSSR count). The Bertz CT molecular complexity index is 449. The quantitative estimate of drug-likeness (QED) is 0.595. The van der Waals surface area contributed by atoms with Crippen molar-refractivity contribution >= 4 is 37.2 Å². The van der Waals surface area contributed by atoms with Crippen LogP contribution in [0.3, 0.4) is 0 Å². The molecule has 0 bridgehead atoms. The second-order valence-corrected chi connectivity index (χ2v) is 8.52. The van der Waals surface area contributed by atoms with Gasteiger partial charge in [0.05, 0.1) is 0 Å². The zero-order valence-corrected chi connectivity index (χ0v) is 12.1. The van der Waals surface area contributed by atoms with Crippen LogP contribution in [-0.2, 0) is 0 Å². The fourth-order valence-electron chi connectivity index (χ4n) is 1.80. The highest BCUT2D eigenvalue weighted by Gasteiger charge is 2.10. The molecule has 0 heterocycles. The van der Waals surface area contributed by atoms with Gasteiger partial charge in [0.25, 0.3) is 0 Å². The summed E-state index contributed by atoms with van der Waals surface area (Å²) in [6.45, 7) is 0. The molecule has 0 fully saturated rings. The van der Waals surface area contributed by atoms with E-state index in [-0.39, 0.29) is 0 Å². The molecular weight excluding hydrogens is 267 g/mol. The molecule has 0 nitrogen and oxygen atoms in total. The van der Waals surface area contributed by atoms with Crippen molar-refractivity contribution in [1.29, 1.82) is 0 Å². The molecule has 0 unspecified atom stereocenters. The van der Waals surface area contributed by atoms with Crippen LogP contribution in [0.25, 0.3) is 11.1 Å². The van der Waals surface area contributed by atoms with Crippen molar-refractivity contribution in [3.63, 3.8) is 0 Å². The van der Waals surface area contributed by atoms with Gasteiger partial charge in [0, 0.05) is 11.0 Å². The maximum absolute atomic E-state index is 5.94. The number of halogens is 2. The fourth-order valence-corrected chi connectivity index (χ4v) is 5.03. The van der Waals surface area contributed by atoms with Gasteiger partial charge in [-0.1, -0.05) is 59.8 Å². The Morgan fingerprint density at radius 3 is 1.76 bits per heavy atom. The molecule has 0 radical (unpaired) electrons. The lowest BCUT2D eigenvalue weighted by molar-refractivity contribution is 1.63. The average molecular weight is 281 g/mol. The predicted octanol–water partition coefficient (Wildman–Crippen LogP) is 3.34. The van der Waals surface area contributed by atoms with E-state index in [1.807, 2.05) is 6.07 Å². The molecule has 2 aromatic carbocycles. The van der Waals surface area contributed by atoms with Crippen molar-refractivity contribution in [3.8, 4) is 11.1 Å². The van der Waals surface area contributed by atoms with Crippen LogP contribution in [-0.4, -0.2) is 19.8 Å². The molecule has 0 saturated carbocycles. The van der Waals surface area contributed by atoms with E-state index in [4.69, 9.17) is 23.2 Å². The second kappa shape index (κ2) is 6.25. The lowest BCUT2D eigenvalue weighted by atomic mass is 10.1. The van der Waals surface area contributed by atoms with Crippen molar-refractivity contribution in [1.82, 2.24) is 0 Å². The average Bonchev–Trinajstić information content (AvgIpc) is 2.42. The first-order valence-corrected chi connectivity index (χ1v) is 8.90. The largest absolute Gasteiger partial charge is 0.130 e.